The Hall–Kier alpha value is -3.05. The smallest absolute Gasteiger partial charge is 0.419 e. The second-order valence-corrected chi connectivity index (χ2v) is 6.21. The normalized spacial score (nSPS) is 15.5. The number of aromatic nitrogens is 2. The molecule has 1 fully saturated rings. The molecule has 1 unspecified atom stereocenters. The molecule has 0 radical (unpaired) electrons. The fourth-order valence-electron chi connectivity index (χ4n) is 3.07. The summed E-state index contributed by atoms with van der Waals surface area (Å²) in [6.07, 6.45) is 7.99. The van der Waals surface area contributed by atoms with Gasteiger partial charge in [-0.1, -0.05) is 36.8 Å². The number of nitrogens with zero attached hydrogens (tertiary/aromatic N) is 4. The molecule has 1 aliphatic carbocycles. The molecule has 7 nitrogen and oxygen atoms in total. The monoisotopic (exact) mass is 351 g/mol. The quantitative estimate of drug-likeness (QED) is 0.373. The van der Waals surface area contributed by atoms with Crippen molar-refractivity contribution in [2.45, 2.75) is 44.2 Å². The van der Waals surface area contributed by atoms with Crippen LogP contribution in [0.4, 0.5) is 5.95 Å². The summed E-state index contributed by atoms with van der Waals surface area (Å²) in [5.41, 5.74) is 10.2. The molecule has 2 aromatic rings. The molecular formula is C19H21N5O2. The van der Waals surface area contributed by atoms with Crippen molar-refractivity contribution in [3.05, 3.63) is 59.9 Å². The standard InChI is InChI=1S/C19H21N5O2/c20-24-17(18(25)26-15-10-5-2-6-11-15)16(14-8-3-1-4-9-14)23-19-21-12-7-13-22-19/h1,3-4,7-9,12-13,15-16H,2,5-6,10-11H2,(H,21,22,23). The number of rotatable bonds is 6. The SMILES string of the molecule is [N-]=[N+]=C(C(=O)OC1CCCCC1)C(Nc1ncccn1)c1ccccc1. The van der Waals surface area contributed by atoms with Gasteiger partial charge in [0.15, 0.2) is 6.04 Å². The summed E-state index contributed by atoms with van der Waals surface area (Å²) in [5, 5.41) is 3.05. The van der Waals surface area contributed by atoms with Crippen LogP contribution in [0, 0.1) is 0 Å². The van der Waals surface area contributed by atoms with Crippen LogP contribution in [0.3, 0.4) is 0 Å². The van der Waals surface area contributed by atoms with E-state index in [1.807, 2.05) is 30.3 Å². The highest BCUT2D eigenvalue weighted by molar-refractivity contribution is 6.36. The molecule has 1 atom stereocenters. The van der Waals surface area contributed by atoms with Gasteiger partial charge in [0.2, 0.25) is 5.95 Å². The first-order valence-corrected chi connectivity index (χ1v) is 8.79. The van der Waals surface area contributed by atoms with Gasteiger partial charge in [0.1, 0.15) is 6.10 Å². The number of anilines is 1. The summed E-state index contributed by atoms with van der Waals surface area (Å²) in [4.78, 5) is 24.2. The van der Waals surface area contributed by atoms with Crippen LogP contribution in [0.1, 0.15) is 43.7 Å². The average molecular weight is 351 g/mol. The summed E-state index contributed by atoms with van der Waals surface area (Å²) in [5.74, 6) is -0.301. The van der Waals surface area contributed by atoms with Crippen LogP contribution in [-0.4, -0.2) is 32.5 Å². The van der Waals surface area contributed by atoms with Crippen LogP contribution >= 0.6 is 0 Å². The molecule has 1 N–H and O–H groups in total. The molecule has 1 saturated carbocycles. The van der Waals surface area contributed by atoms with E-state index < -0.39 is 12.0 Å². The van der Waals surface area contributed by atoms with E-state index >= 15 is 0 Å². The molecule has 7 heteroatoms. The Kier molecular flexibility index (Phi) is 6.06. The molecule has 1 aliphatic rings. The van der Waals surface area contributed by atoms with Gasteiger partial charge in [0, 0.05) is 12.4 Å². The number of nitrogens with one attached hydrogen (secondary N) is 1. The minimum absolute atomic E-state index is 0.116. The Balaban J connectivity index is 1.83. The predicted octanol–water partition coefficient (Wildman–Crippen LogP) is 3.18. The summed E-state index contributed by atoms with van der Waals surface area (Å²) in [6.45, 7) is 0. The van der Waals surface area contributed by atoms with Crippen LogP contribution < -0.4 is 5.32 Å². The van der Waals surface area contributed by atoms with Crippen LogP contribution in [0.15, 0.2) is 48.8 Å². The number of carbonyl (C=O) groups is 1. The van der Waals surface area contributed by atoms with Crippen molar-refractivity contribution >= 4 is 17.6 Å². The van der Waals surface area contributed by atoms with Gasteiger partial charge in [-0.3, -0.25) is 0 Å². The average Bonchev–Trinajstić information content (AvgIpc) is 2.70. The van der Waals surface area contributed by atoms with E-state index in [4.69, 9.17) is 4.74 Å². The van der Waals surface area contributed by atoms with E-state index in [1.165, 1.54) is 0 Å². The van der Waals surface area contributed by atoms with Crippen molar-refractivity contribution in [1.82, 2.24) is 9.97 Å². The lowest BCUT2D eigenvalue weighted by Gasteiger charge is -2.22. The Morgan fingerprint density at radius 3 is 2.46 bits per heavy atom. The van der Waals surface area contributed by atoms with Crippen molar-refractivity contribution in [2.75, 3.05) is 5.32 Å². The molecule has 3 rings (SSSR count). The van der Waals surface area contributed by atoms with E-state index in [2.05, 4.69) is 20.1 Å². The highest BCUT2D eigenvalue weighted by atomic mass is 16.5. The Morgan fingerprint density at radius 2 is 1.81 bits per heavy atom. The summed E-state index contributed by atoms with van der Waals surface area (Å²) in [7, 11) is 0. The van der Waals surface area contributed by atoms with Crippen molar-refractivity contribution in [1.29, 1.82) is 0 Å². The fraction of sp³-hybridized carbons (Fsp3) is 0.368. The molecule has 0 bridgehead atoms. The zero-order chi connectivity index (χ0) is 18.2. The number of esters is 1. The molecule has 1 aromatic carbocycles. The maximum Gasteiger partial charge on any atom is 0.419 e. The molecule has 1 heterocycles. The highest BCUT2D eigenvalue weighted by Gasteiger charge is 2.36. The first kappa shape index (κ1) is 17.8. The van der Waals surface area contributed by atoms with Gasteiger partial charge in [-0.15, -0.1) is 0 Å². The molecule has 26 heavy (non-hydrogen) atoms. The third-order valence-electron chi connectivity index (χ3n) is 4.39. The summed E-state index contributed by atoms with van der Waals surface area (Å²) >= 11 is 0. The van der Waals surface area contributed by atoms with Gasteiger partial charge >= 0.3 is 11.7 Å². The van der Waals surface area contributed by atoms with E-state index in [0.29, 0.717) is 5.95 Å². The molecule has 0 aliphatic heterocycles. The largest absolute Gasteiger partial charge is 0.454 e. The first-order chi connectivity index (χ1) is 12.8. The number of hydrogen-bond acceptors (Lipinski definition) is 5. The summed E-state index contributed by atoms with van der Waals surface area (Å²) < 4.78 is 5.57. The van der Waals surface area contributed by atoms with Gasteiger partial charge in [-0.2, -0.15) is 4.79 Å². The van der Waals surface area contributed by atoms with Crippen LogP contribution in [0.5, 0.6) is 0 Å². The Labute approximate surface area is 152 Å². The number of carbonyl (C=O) groups excluding carboxylic acids is 1. The van der Waals surface area contributed by atoms with Crippen molar-refractivity contribution in [3.8, 4) is 0 Å². The van der Waals surface area contributed by atoms with Crippen molar-refractivity contribution in [2.24, 2.45) is 0 Å². The number of ether oxygens (including phenoxy) is 1. The molecule has 0 saturated heterocycles. The highest BCUT2D eigenvalue weighted by Crippen LogP contribution is 2.23. The lowest BCUT2D eigenvalue weighted by Crippen LogP contribution is -2.34. The second kappa shape index (κ2) is 8.87. The maximum absolute atomic E-state index is 12.7. The van der Waals surface area contributed by atoms with E-state index in [1.54, 1.807) is 18.5 Å². The zero-order valence-electron chi connectivity index (χ0n) is 14.4. The Morgan fingerprint density at radius 1 is 1.12 bits per heavy atom. The minimum Gasteiger partial charge on any atom is -0.454 e. The van der Waals surface area contributed by atoms with Crippen LogP contribution in [0.25, 0.3) is 5.53 Å². The van der Waals surface area contributed by atoms with E-state index in [-0.39, 0.29) is 11.8 Å². The van der Waals surface area contributed by atoms with Crippen molar-refractivity contribution in [3.63, 3.8) is 0 Å². The Bertz CT molecular complexity index is 769. The minimum atomic E-state index is -0.723. The zero-order valence-corrected chi connectivity index (χ0v) is 14.4. The predicted molar refractivity (Wildman–Crippen MR) is 96.4 cm³/mol. The van der Waals surface area contributed by atoms with Gasteiger partial charge < -0.3 is 15.6 Å². The maximum atomic E-state index is 12.7. The van der Waals surface area contributed by atoms with E-state index in [0.717, 1.165) is 37.7 Å². The third-order valence-corrected chi connectivity index (χ3v) is 4.39. The van der Waals surface area contributed by atoms with Crippen LogP contribution in [-0.2, 0) is 9.53 Å². The topological polar surface area (TPSA) is 101 Å². The van der Waals surface area contributed by atoms with Gasteiger partial charge in [-0.25, -0.2) is 14.8 Å². The van der Waals surface area contributed by atoms with E-state index in [9.17, 15) is 10.3 Å². The lowest BCUT2D eigenvalue weighted by molar-refractivity contribution is -0.147. The molecular weight excluding hydrogens is 330 g/mol. The van der Waals surface area contributed by atoms with Gasteiger partial charge in [0.05, 0.1) is 0 Å². The summed E-state index contributed by atoms with van der Waals surface area (Å²) in [6, 6.07) is 10.2. The number of benzene rings is 1. The van der Waals surface area contributed by atoms with Gasteiger partial charge in [0.25, 0.3) is 0 Å². The van der Waals surface area contributed by atoms with Crippen molar-refractivity contribution < 1.29 is 14.3 Å². The molecule has 0 amide bonds. The second-order valence-electron chi connectivity index (χ2n) is 6.21. The first-order valence-electron chi connectivity index (χ1n) is 8.79. The molecule has 134 valence electrons. The molecule has 0 spiro atoms. The lowest BCUT2D eigenvalue weighted by atomic mass is 9.97. The molecule has 1 aromatic heterocycles. The fourth-order valence-corrected chi connectivity index (χ4v) is 3.07. The third kappa shape index (κ3) is 4.52. The van der Waals surface area contributed by atoms with Crippen LogP contribution in [0.2, 0.25) is 0 Å². The number of hydrogen-bond donors (Lipinski definition) is 1. The van der Waals surface area contributed by atoms with Gasteiger partial charge in [-0.05, 0) is 37.3 Å².